The Morgan fingerprint density at radius 1 is 0.417 bits per heavy atom. The van der Waals surface area contributed by atoms with Gasteiger partial charge in [0.2, 0.25) is 0 Å². The fourth-order valence-corrected chi connectivity index (χ4v) is 6.13. The number of rotatable bonds is 18. The molecule has 5 nitrogen and oxygen atoms in total. The van der Waals surface area contributed by atoms with Gasteiger partial charge >= 0.3 is 0 Å². The van der Waals surface area contributed by atoms with E-state index in [1.165, 1.54) is 47.9 Å². The monoisotopic (exact) mass is 639 g/mol. The molecule has 250 valence electrons. The van der Waals surface area contributed by atoms with E-state index in [0.717, 1.165) is 86.0 Å². The third-order valence-electron chi connectivity index (χ3n) is 8.87. The van der Waals surface area contributed by atoms with Crippen molar-refractivity contribution in [2.75, 3.05) is 9.80 Å². The Hall–Kier alpha value is -4.51. The second kappa shape index (κ2) is 18.1. The van der Waals surface area contributed by atoms with E-state index in [9.17, 15) is 0 Å². The van der Waals surface area contributed by atoms with Crippen molar-refractivity contribution in [3.05, 3.63) is 126 Å². The van der Waals surface area contributed by atoms with Gasteiger partial charge < -0.3 is 0 Å². The highest BCUT2D eigenvalue weighted by Gasteiger charge is 2.21. The average molecular weight is 640 g/mol. The molecule has 0 amide bonds. The van der Waals surface area contributed by atoms with Gasteiger partial charge in [-0.25, -0.2) is 15.0 Å². The first kappa shape index (κ1) is 34.8. The SMILES string of the molecule is CCCCc1cccc(N(c2cc(CCCC)ccn2)c2cccc(N(c3cccc(CCCC)c3)c3cc(CCCC)ccn3)n2)c1. The number of pyridine rings is 3. The Bertz CT molecular complexity index is 1490. The van der Waals surface area contributed by atoms with Crippen molar-refractivity contribution >= 4 is 34.6 Å². The van der Waals surface area contributed by atoms with Gasteiger partial charge in [0, 0.05) is 23.8 Å². The largest absolute Gasteiger partial charge is 0.279 e. The highest BCUT2D eigenvalue weighted by atomic mass is 15.3. The third-order valence-corrected chi connectivity index (χ3v) is 8.87. The van der Waals surface area contributed by atoms with E-state index >= 15 is 0 Å². The summed E-state index contributed by atoms with van der Waals surface area (Å²) in [5.41, 5.74) is 7.39. The van der Waals surface area contributed by atoms with E-state index in [-0.39, 0.29) is 0 Å². The summed E-state index contributed by atoms with van der Waals surface area (Å²) in [6.45, 7) is 8.98. The number of nitrogens with zero attached hydrogens (tertiary/aromatic N) is 5. The molecule has 3 heterocycles. The summed E-state index contributed by atoms with van der Waals surface area (Å²) in [5, 5.41) is 0. The summed E-state index contributed by atoms with van der Waals surface area (Å²) in [4.78, 5) is 19.7. The summed E-state index contributed by atoms with van der Waals surface area (Å²) in [6.07, 6.45) is 17.4. The first-order valence-corrected chi connectivity index (χ1v) is 18.3. The zero-order valence-electron chi connectivity index (χ0n) is 29.5. The van der Waals surface area contributed by atoms with Gasteiger partial charge in [0.25, 0.3) is 0 Å². The van der Waals surface area contributed by atoms with Crippen LogP contribution in [0.2, 0.25) is 0 Å². The van der Waals surface area contributed by atoms with Crippen LogP contribution in [-0.2, 0) is 25.7 Å². The van der Waals surface area contributed by atoms with Crippen LogP contribution < -0.4 is 9.80 Å². The van der Waals surface area contributed by atoms with E-state index in [2.05, 4.69) is 128 Å². The van der Waals surface area contributed by atoms with Crippen LogP contribution in [0.25, 0.3) is 0 Å². The second-order valence-corrected chi connectivity index (χ2v) is 12.8. The van der Waals surface area contributed by atoms with Gasteiger partial charge in [-0.1, -0.05) is 83.7 Å². The Morgan fingerprint density at radius 3 is 1.19 bits per heavy atom. The first-order valence-electron chi connectivity index (χ1n) is 18.3. The van der Waals surface area contributed by atoms with Crippen molar-refractivity contribution < 1.29 is 0 Å². The molecule has 0 saturated carbocycles. The van der Waals surface area contributed by atoms with Crippen molar-refractivity contribution in [3.63, 3.8) is 0 Å². The van der Waals surface area contributed by atoms with E-state index in [4.69, 9.17) is 15.0 Å². The van der Waals surface area contributed by atoms with Crippen molar-refractivity contribution in [1.29, 1.82) is 0 Å². The van der Waals surface area contributed by atoms with E-state index in [0.29, 0.717) is 0 Å². The summed E-state index contributed by atoms with van der Waals surface area (Å²) in [7, 11) is 0. The molecule has 0 unspecified atom stereocenters. The number of aromatic nitrogens is 3. The van der Waals surface area contributed by atoms with E-state index < -0.39 is 0 Å². The van der Waals surface area contributed by atoms with Crippen LogP contribution >= 0.6 is 0 Å². The number of hydrogen-bond acceptors (Lipinski definition) is 5. The Balaban J connectivity index is 1.64. The molecular formula is C43H53N5. The topological polar surface area (TPSA) is 45.2 Å². The molecule has 5 heteroatoms. The van der Waals surface area contributed by atoms with Gasteiger partial charge in [-0.15, -0.1) is 0 Å². The quantitative estimate of drug-likeness (QED) is 0.0954. The minimum absolute atomic E-state index is 0.828. The Morgan fingerprint density at radius 2 is 0.792 bits per heavy atom. The molecule has 0 aliphatic carbocycles. The molecule has 0 aliphatic rings. The lowest BCUT2D eigenvalue weighted by atomic mass is 10.1. The molecule has 0 radical (unpaired) electrons. The molecule has 5 aromatic rings. The minimum Gasteiger partial charge on any atom is -0.279 e. The van der Waals surface area contributed by atoms with Crippen molar-refractivity contribution in [2.24, 2.45) is 0 Å². The van der Waals surface area contributed by atoms with Crippen LogP contribution in [0.15, 0.2) is 103 Å². The summed E-state index contributed by atoms with van der Waals surface area (Å²) in [5.74, 6) is 3.42. The molecular weight excluding hydrogens is 587 g/mol. The average Bonchev–Trinajstić information content (AvgIpc) is 3.12. The maximum Gasteiger partial charge on any atom is 0.141 e. The zero-order valence-corrected chi connectivity index (χ0v) is 29.5. The van der Waals surface area contributed by atoms with Crippen molar-refractivity contribution in [2.45, 2.75) is 105 Å². The highest BCUT2D eigenvalue weighted by molar-refractivity contribution is 5.77. The van der Waals surface area contributed by atoms with Gasteiger partial charge in [-0.2, -0.15) is 0 Å². The normalized spacial score (nSPS) is 11.1. The third kappa shape index (κ3) is 9.31. The number of benzene rings is 2. The predicted octanol–water partition coefficient (Wildman–Crippen LogP) is 12.2. The van der Waals surface area contributed by atoms with E-state index in [1.54, 1.807) is 0 Å². The van der Waals surface area contributed by atoms with Crippen LogP contribution in [0, 0.1) is 0 Å². The first-order chi connectivity index (χ1) is 23.6. The standard InChI is InChI=1S/C43H53N5/c1-5-9-16-34-20-13-22-38(30-34)47(42-32-36(18-11-7-3)26-28-44-42)40-24-15-25-41(46-40)48(39-23-14-21-35(31-39)17-10-6-2)43-33-37(19-12-8-4)27-29-45-43/h13-15,20-33H,5-12,16-19H2,1-4H3. The summed E-state index contributed by atoms with van der Waals surface area (Å²) >= 11 is 0. The summed E-state index contributed by atoms with van der Waals surface area (Å²) < 4.78 is 0. The Kier molecular flexibility index (Phi) is 13.2. The molecule has 0 fully saturated rings. The van der Waals surface area contributed by atoms with Gasteiger partial charge in [-0.3, -0.25) is 9.80 Å². The van der Waals surface area contributed by atoms with Gasteiger partial charge in [0.05, 0.1) is 0 Å². The van der Waals surface area contributed by atoms with Gasteiger partial charge in [-0.05, 0) is 134 Å². The summed E-state index contributed by atoms with van der Waals surface area (Å²) in [6, 6.07) is 32.8. The molecule has 0 spiro atoms. The number of anilines is 6. The number of aryl methyl sites for hydroxylation is 4. The molecule has 2 aromatic carbocycles. The number of hydrogen-bond donors (Lipinski definition) is 0. The number of unbranched alkanes of at least 4 members (excludes halogenated alkanes) is 4. The maximum atomic E-state index is 5.42. The molecule has 5 rings (SSSR count). The molecule has 0 saturated heterocycles. The fraction of sp³-hybridized carbons (Fsp3) is 0.372. The van der Waals surface area contributed by atoms with Crippen LogP contribution in [0.5, 0.6) is 0 Å². The van der Waals surface area contributed by atoms with Crippen LogP contribution in [-0.4, -0.2) is 15.0 Å². The van der Waals surface area contributed by atoms with E-state index in [1.807, 2.05) is 12.4 Å². The Labute approximate surface area is 289 Å². The highest BCUT2D eigenvalue weighted by Crippen LogP contribution is 2.38. The molecule has 0 atom stereocenters. The van der Waals surface area contributed by atoms with Crippen molar-refractivity contribution in [3.8, 4) is 0 Å². The molecule has 0 bridgehead atoms. The molecule has 0 N–H and O–H groups in total. The minimum atomic E-state index is 0.828. The van der Waals surface area contributed by atoms with Crippen molar-refractivity contribution in [1.82, 2.24) is 15.0 Å². The molecule has 0 aliphatic heterocycles. The van der Waals surface area contributed by atoms with Crippen LogP contribution in [0.4, 0.5) is 34.6 Å². The lowest BCUT2D eigenvalue weighted by Gasteiger charge is -2.28. The fourth-order valence-electron chi connectivity index (χ4n) is 6.13. The molecule has 48 heavy (non-hydrogen) atoms. The van der Waals surface area contributed by atoms with Crippen LogP contribution in [0.3, 0.4) is 0 Å². The van der Waals surface area contributed by atoms with Crippen LogP contribution in [0.1, 0.15) is 101 Å². The maximum absolute atomic E-state index is 5.42. The predicted molar refractivity (Wildman–Crippen MR) is 204 cm³/mol. The van der Waals surface area contributed by atoms with Gasteiger partial charge in [0.15, 0.2) is 0 Å². The van der Waals surface area contributed by atoms with Gasteiger partial charge in [0.1, 0.15) is 23.3 Å². The lowest BCUT2D eigenvalue weighted by molar-refractivity contribution is 0.793. The molecule has 3 aromatic heterocycles. The smallest absolute Gasteiger partial charge is 0.141 e. The zero-order chi connectivity index (χ0) is 33.6. The lowest BCUT2D eigenvalue weighted by Crippen LogP contribution is -2.17. The second-order valence-electron chi connectivity index (χ2n) is 12.8.